The molecule has 1 aromatic heterocycles. The standard InChI is InChI=1S/C14H16N2OS/c1-11(2)16-13(8-9-15-16)14(17)10-18-12-6-4-3-5-7-12/h3-9,11H,10H2,1-2H3. The predicted octanol–water partition coefficient (Wildman–Crippen LogP) is 3.44. The predicted molar refractivity (Wildman–Crippen MR) is 74.1 cm³/mol. The lowest BCUT2D eigenvalue weighted by Crippen LogP contribution is -2.14. The highest BCUT2D eigenvalue weighted by Gasteiger charge is 2.13. The van der Waals surface area contributed by atoms with Crippen LogP contribution in [-0.2, 0) is 0 Å². The molecule has 4 heteroatoms. The molecular formula is C14H16N2OS. The number of aromatic nitrogens is 2. The van der Waals surface area contributed by atoms with E-state index < -0.39 is 0 Å². The monoisotopic (exact) mass is 260 g/mol. The minimum absolute atomic E-state index is 0.120. The van der Waals surface area contributed by atoms with Gasteiger partial charge in [0, 0.05) is 17.1 Å². The molecule has 0 fully saturated rings. The van der Waals surface area contributed by atoms with Crippen molar-refractivity contribution in [3.63, 3.8) is 0 Å². The van der Waals surface area contributed by atoms with Crippen molar-refractivity contribution < 1.29 is 4.79 Å². The van der Waals surface area contributed by atoms with Gasteiger partial charge in [0.25, 0.3) is 0 Å². The molecule has 0 radical (unpaired) electrons. The molecule has 0 saturated heterocycles. The number of Topliss-reactive ketones (excluding diaryl/α,β-unsaturated/α-hetero) is 1. The Hall–Kier alpha value is -1.55. The van der Waals surface area contributed by atoms with Crippen molar-refractivity contribution in [2.75, 3.05) is 5.75 Å². The first-order valence-electron chi connectivity index (χ1n) is 5.93. The van der Waals surface area contributed by atoms with Crippen LogP contribution in [0, 0.1) is 0 Å². The quantitative estimate of drug-likeness (QED) is 0.610. The Balaban J connectivity index is 2.02. The number of rotatable bonds is 5. The zero-order valence-electron chi connectivity index (χ0n) is 10.5. The van der Waals surface area contributed by atoms with Crippen LogP contribution in [0.2, 0.25) is 0 Å². The third-order valence-corrected chi connectivity index (χ3v) is 3.57. The highest BCUT2D eigenvalue weighted by atomic mass is 32.2. The number of hydrogen-bond donors (Lipinski definition) is 0. The maximum absolute atomic E-state index is 12.1. The van der Waals surface area contributed by atoms with Gasteiger partial charge in [0.05, 0.1) is 5.75 Å². The van der Waals surface area contributed by atoms with Crippen molar-refractivity contribution in [1.82, 2.24) is 9.78 Å². The van der Waals surface area contributed by atoms with E-state index in [1.807, 2.05) is 44.2 Å². The molecule has 0 saturated carbocycles. The summed E-state index contributed by atoms with van der Waals surface area (Å²) in [5.41, 5.74) is 0.688. The molecule has 18 heavy (non-hydrogen) atoms. The number of carbonyl (C=O) groups is 1. The molecule has 0 bridgehead atoms. The number of thioether (sulfide) groups is 1. The van der Waals surface area contributed by atoms with Crippen LogP contribution < -0.4 is 0 Å². The van der Waals surface area contributed by atoms with Gasteiger partial charge in [-0.2, -0.15) is 5.10 Å². The fourth-order valence-corrected chi connectivity index (χ4v) is 2.48. The molecule has 0 spiro atoms. The van der Waals surface area contributed by atoms with Crippen molar-refractivity contribution in [3.05, 3.63) is 48.3 Å². The molecule has 1 heterocycles. The first-order valence-corrected chi connectivity index (χ1v) is 6.91. The topological polar surface area (TPSA) is 34.9 Å². The maximum atomic E-state index is 12.1. The first kappa shape index (κ1) is 12.9. The van der Waals surface area contributed by atoms with Crippen LogP contribution in [0.5, 0.6) is 0 Å². The van der Waals surface area contributed by atoms with Gasteiger partial charge in [-0.3, -0.25) is 9.48 Å². The van der Waals surface area contributed by atoms with Crippen LogP contribution in [0.25, 0.3) is 0 Å². The summed E-state index contributed by atoms with van der Waals surface area (Å²) in [5.74, 6) is 0.567. The Morgan fingerprint density at radius 3 is 2.67 bits per heavy atom. The molecule has 0 unspecified atom stereocenters. The van der Waals surface area contributed by atoms with Crippen LogP contribution in [0.15, 0.2) is 47.5 Å². The van der Waals surface area contributed by atoms with Crippen LogP contribution in [-0.4, -0.2) is 21.3 Å². The second-order valence-electron chi connectivity index (χ2n) is 4.28. The minimum Gasteiger partial charge on any atom is -0.292 e. The molecule has 0 amide bonds. The number of benzene rings is 1. The van der Waals surface area contributed by atoms with E-state index in [0.29, 0.717) is 11.4 Å². The number of carbonyl (C=O) groups excluding carboxylic acids is 1. The largest absolute Gasteiger partial charge is 0.292 e. The molecule has 0 aliphatic rings. The van der Waals surface area contributed by atoms with Gasteiger partial charge in [-0.25, -0.2) is 0 Å². The summed E-state index contributed by atoms with van der Waals surface area (Å²) >= 11 is 1.56. The van der Waals surface area contributed by atoms with E-state index in [4.69, 9.17) is 0 Å². The zero-order chi connectivity index (χ0) is 13.0. The smallest absolute Gasteiger partial charge is 0.191 e. The highest BCUT2D eigenvalue weighted by molar-refractivity contribution is 8.00. The summed E-state index contributed by atoms with van der Waals surface area (Å²) in [7, 11) is 0. The van der Waals surface area contributed by atoms with Crippen LogP contribution in [0.1, 0.15) is 30.4 Å². The van der Waals surface area contributed by atoms with Crippen molar-refractivity contribution in [2.24, 2.45) is 0 Å². The summed E-state index contributed by atoms with van der Waals surface area (Å²) < 4.78 is 1.77. The van der Waals surface area contributed by atoms with Crippen LogP contribution >= 0.6 is 11.8 Å². The minimum atomic E-state index is 0.120. The highest BCUT2D eigenvalue weighted by Crippen LogP contribution is 2.19. The van der Waals surface area contributed by atoms with Crippen LogP contribution in [0.4, 0.5) is 0 Å². The summed E-state index contributed by atoms with van der Waals surface area (Å²) in [6.45, 7) is 4.04. The summed E-state index contributed by atoms with van der Waals surface area (Å²) in [4.78, 5) is 13.2. The van der Waals surface area contributed by atoms with Gasteiger partial charge in [-0.1, -0.05) is 18.2 Å². The molecule has 2 aromatic rings. The Kier molecular flexibility index (Phi) is 4.20. The second-order valence-corrected chi connectivity index (χ2v) is 5.33. The van der Waals surface area contributed by atoms with Gasteiger partial charge in [-0.05, 0) is 32.0 Å². The molecule has 2 rings (SSSR count). The van der Waals surface area contributed by atoms with E-state index in [9.17, 15) is 4.79 Å². The Morgan fingerprint density at radius 1 is 1.28 bits per heavy atom. The number of hydrogen-bond acceptors (Lipinski definition) is 3. The Bertz CT molecular complexity index is 520. The Labute approximate surface area is 111 Å². The second kappa shape index (κ2) is 5.87. The van der Waals surface area contributed by atoms with Crippen molar-refractivity contribution in [2.45, 2.75) is 24.8 Å². The lowest BCUT2D eigenvalue weighted by Gasteiger charge is -2.09. The van der Waals surface area contributed by atoms with Gasteiger partial charge in [0.2, 0.25) is 0 Å². The van der Waals surface area contributed by atoms with Gasteiger partial charge in [-0.15, -0.1) is 11.8 Å². The molecule has 0 N–H and O–H groups in total. The first-order chi connectivity index (χ1) is 8.68. The van der Waals surface area contributed by atoms with Gasteiger partial charge >= 0.3 is 0 Å². The van der Waals surface area contributed by atoms with Crippen molar-refractivity contribution in [3.8, 4) is 0 Å². The van der Waals surface area contributed by atoms with E-state index in [-0.39, 0.29) is 11.8 Å². The van der Waals surface area contributed by atoms with Gasteiger partial charge in [0.1, 0.15) is 5.69 Å². The van der Waals surface area contributed by atoms with E-state index >= 15 is 0 Å². The van der Waals surface area contributed by atoms with E-state index in [2.05, 4.69) is 5.10 Å². The fourth-order valence-electron chi connectivity index (χ4n) is 1.69. The van der Waals surface area contributed by atoms with Gasteiger partial charge in [0.15, 0.2) is 5.78 Å². The molecule has 0 aliphatic carbocycles. The summed E-state index contributed by atoms with van der Waals surface area (Å²) in [6.07, 6.45) is 1.68. The zero-order valence-corrected chi connectivity index (χ0v) is 11.4. The molecule has 0 atom stereocenters. The van der Waals surface area contributed by atoms with Crippen molar-refractivity contribution in [1.29, 1.82) is 0 Å². The molecule has 3 nitrogen and oxygen atoms in total. The molecule has 94 valence electrons. The molecule has 1 aromatic carbocycles. The van der Waals surface area contributed by atoms with Crippen molar-refractivity contribution >= 4 is 17.5 Å². The number of ketones is 1. The normalized spacial score (nSPS) is 10.8. The number of nitrogens with zero attached hydrogens (tertiary/aromatic N) is 2. The average molecular weight is 260 g/mol. The summed E-state index contributed by atoms with van der Waals surface area (Å²) in [5, 5.41) is 4.18. The SMILES string of the molecule is CC(C)n1nccc1C(=O)CSc1ccccc1. The third-order valence-electron chi connectivity index (χ3n) is 2.56. The van der Waals surface area contributed by atoms with Crippen LogP contribution in [0.3, 0.4) is 0 Å². The lowest BCUT2D eigenvalue weighted by molar-refractivity contribution is 0.101. The lowest BCUT2D eigenvalue weighted by atomic mass is 10.3. The van der Waals surface area contributed by atoms with Gasteiger partial charge < -0.3 is 0 Å². The average Bonchev–Trinajstić information content (AvgIpc) is 2.86. The summed E-state index contributed by atoms with van der Waals surface area (Å²) in [6, 6.07) is 11.9. The van der Waals surface area contributed by atoms with E-state index in [1.54, 1.807) is 28.7 Å². The molecule has 0 aliphatic heterocycles. The Morgan fingerprint density at radius 2 is 2.00 bits per heavy atom. The molecular weight excluding hydrogens is 244 g/mol. The van der Waals surface area contributed by atoms with E-state index in [1.165, 1.54) is 0 Å². The van der Waals surface area contributed by atoms with E-state index in [0.717, 1.165) is 4.90 Å². The third kappa shape index (κ3) is 3.01. The fraction of sp³-hybridized carbons (Fsp3) is 0.286. The maximum Gasteiger partial charge on any atom is 0.191 e.